The van der Waals surface area contributed by atoms with Crippen molar-refractivity contribution in [1.82, 2.24) is 10.2 Å². The number of piperidine rings is 3. The molecule has 0 spiro atoms. The minimum atomic E-state index is -0.0760. The highest BCUT2D eigenvalue weighted by Crippen LogP contribution is 2.27. The van der Waals surface area contributed by atoms with Crippen LogP contribution in [0.4, 0.5) is 5.69 Å². The Morgan fingerprint density at radius 1 is 1.32 bits per heavy atom. The molecule has 3 aliphatic heterocycles. The van der Waals surface area contributed by atoms with Gasteiger partial charge in [-0.1, -0.05) is 11.6 Å². The fourth-order valence-corrected chi connectivity index (χ4v) is 3.37. The molecule has 1 amide bonds. The van der Waals surface area contributed by atoms with Crippen LogP contribution >= 0.6 is 11.6 Å². The van der Waals surface area contributed by atoms with Gasteiger partial charge in [0.2, 0.25) is 0 Å². The Balaban J connectivity index is 1.71. The van der Waals surface area contributed by atoms with Gasteiger partial charge in [-0.3, -0.25) is 4.79 Å². The van der Waals surface area contributed by atoms with Gasteiger partial charge in [-0.05, 0) is 50.0 Å². The third-order valence-corrected chi connectivity index (χ3v) is 4.37. The molecule has 1 aromatic carbocycles. The maximum Gasteiger partial charge on any atom is 0.251 e. The van der Waals surface area contributed by atoms with Crippen molar-refractivity contribution in [3.8, 4) is 0 Å². The van der Waals surface area contributed by atoms with Gasteiger partial charge in [-0.25, -0.2) is 0 Å². The average molecular weight is 280 g/mol. The van der Waals surface area contributed by atoms with Crippen molar-refractivity contribution in [2.75, 3.05) is 25.4 Å². The number of amides is 1. The number of nitrogen functional groups attached to an aromatic ring is 1. The molecule has 1 atom stereocenters. The second kappa shape index (κ2) is 5.02. The number of hydrogen-bond donors (Lipinski definition) is 2. The van der Waals surface area contributed by atoms with E-state index in [1.165, 1.54) is 25.9 Å². The molecule has 0 radical (unpaired) electrons. The van der Waals surface area contributed by atoms with E-state index in [2.05, 4.69) is 10.2 Å². The van der Waals surface area contributed by atoms with Crippen LogP contribution in [0.5, 0.6) is 0 Å². The Morgan fingerprint density at radius 3 is 2.63 bits per heavy atom. The second-order valence-electron chi connectivity index (χ2n) is 5.49. The van der Waals surface area contributed by atoms with Crippen molar-refractivity contribution in [3.05, 3.63) is 28.8 Å². The molecule has 4 nitrogen and oxygen atoms in total. The van der Waals surface area contributed by atoms with Crippen molar-refractivity contribution in [2.24, 2.45) is 5.92 Å². The lowest BCUT2D eigenvalue weighted by Crippen LogP contribution is -2.57. The van der Waals surface area contributed by atoms with Crippen LogP contribution in [0.2, 0.25) is 5.02 Å². The Bertz CT molecular complexity index is 477. The van der Waals surface area contributed by atoms with Gasteiger partial charge < -0.3 is 16.0 Å². The molecule has 2 bridgehead atoms. The molecule has 0 saturated carbocycles. The van der Waals surface area contributed by atoms with Gasteiger partial charge in [0, 0.05) is 28.9 Å². The summed E-state index contributed by atoms with van der Waals surface area (Å²) in [6.45, 7) is 3.30. The first-order chi connectivity index (χ1) is 9.11. The van der Waals surface area contributed by atoms with E-state index in [4.69, 9.17) is 17.3 Å². The fourth-order valence-electron chi connectivity index (χ4n) is 3.12. The Morgan fingerprint density at radius 2 is 2.05 bits per heavy atom. The number of carbonyl (C=O) groups is 1. The number of benzene rings is 1. The van der Waals surface area contributed by atoms with Gasteiger partial charge in [0.1, 0.15) is 0 Å². The third kappa shape index (κ3) is 2.69. The SMILES string of the molecule is Nc1cc(Cl)cc(C(=O)NC2CN3CCC2CC3)c1. The summed E-state index contributed by atoms with van der Waals surface area (Å²) in [6.07, 6.45) is 2.37. The zero-order valence-electron chi connectivity index (χ0n) is 10.7. The number of hydrogen-bond acceptors (Lipinski definition) is 3. The molecule has 3 aliphatic rings. The molecule has 102 valence electrons. The number of fused-ring (bicyclic) bond motifs is 3. The predicted molar refractivity (Wildman–Crippen MR) is 76.3 cm³/mol. The minimum Gasteiger partial charge on any atom is -0.399 e. The third-order valence-electron chi connectivity index (χ3n) is 4.15. The predicted octanol–water partition coefficient (Wildman–Crippen LogP) is 1.75. The zero-order valence-corrected chi connectivity index (χ0v) is 11.5. The number of carbonyl (C=O) groups excluding carboxylic acids is 1. The molecule has 3 fully saturated rings. The van der Waals surface area contributed by atoms with Crippen molar-refractivity contribution >= 4 is 23.2 Å². The van der Waals surface area contributed by atoms with E-state index >= 15 is 0 Å². The summed E-state index contributed by atoms with van der Waals surface area (Å²) in [4.78, 5) is 14.7. The van der Waals surface area contributed by atoms with Crippen LogP contribution in [0.15, 0.2) is 18.2 Å². The lowest BCUT2D eigenvalue weighted by atomic mass is 9.84. The lowest BCUT2D eigenvalue weighted by Gasteiger charge is -2.44. The maximum atomic E-state index is 12.2. The summed E-state index contributed by atoms with van der Waals surface area (Å²) in [5.74, 6) is 0.540. The first-order valence-corrected chi connectivity index (χ1v) is 7.09. The number of rotatable bonds is 2. The van der Waals surface area contributed by atoms with Gasteiger partial charge >= 0.3 is 0 Å². The van der Waals surface area contributed by atoms with Crippen molar-refractivity contribution < 1.29 is 4.79 Å². The topological polar surface area (TPSA) is 58.4 Å². The summed E-state index contributed by atoms with van der Waals surface area (Å²) < 4.78 is 0. The quantitative estimate of drug-likeness (QED) is 0.811. The van der Waals surface area contributed by atoms with Crippen LogP contribution in [0, 0.1) is 5.92 Å². The van der Waals surface area contributed by atoms with Crippen LogP contribution in [-0.2, 0) is 0 Å². The fraction of sp³-hybridized carbons (Fsp3) is 0.500. The maximum absolute atomic E-state index is 12.2. The largest absolute Gasteiger partial charge is 0.399 e. The van der Waals surface area contributed by atoms with Gasteiger partial charge in [0.05, 0.1) is 0 Å². The smallest absolute Gasteiger partial charge is 0.251 e. The van der Waals surface area contributed by atoms with Crippen molar-refractivity contribution in [1.29, 1.82) is 0 Å². The highest BCUT2D eigenvalue weighted by Gasteiger charge is 2.34. The number of halogens is 1. The summed E-state index contributed by atoms with van der Waals surface area (Å²) in [7, 11) is 0. The normalized spacial score (nSPS) is 29.2. The first kappa shape index (κ1) is 12.8. The summed E-state index contributed by atoms with van der Waals surface area (Å²) in [6, 6.07) is 5.24. The highest BCUT2D eigenvalue weighted by molar-refractivity contribution is 6.31. The first-order valence-electron chi connectivity index (χ1n) is 6.71. The number of nitrogens with one attached hydrogen (secondary N) is 1. The van der Waals surface area contributed by atoms with Crippen molar-refractivity contribution in [3.63, 3.8) is 0 Å². The molecule has 5 heteroatoms. The molecule has 0 aromatic heterocycles. The highest BCUT2D eigenvalue weighted by atomic mass is 35.5. The zero-order chi connectivity index (χ0) is 13.4. The van der Waals surface area contributed by atoms with E-state index < -0.39 is 0 Å². The number of nitrogens with zero attached hydrogens (tertiary/aromatic N) is 1. The van der Waals surface area contributed by atoms with Crippen molar-refractivity contribution in [2.45, 2.75) is 18.9 Å². The Hall–Kier alpha value is -1.26. The minimum absolute atomic E-state index is 0.0760. The Kier molecular flexibility index (Phi) is 3.37. The molecule has 4 rings (SSSR count). The molecular formula is C14H18ClN3O. The Labute approximate surface area is 117 Å². The second-order valence-corrected chi connectivity index (χ2v) is 5.93. The van der Waals surface area contributed by atoms with Gasteiger partial charge in [0.25, 0.3) is 5.91 Å². The molecule has 1 unspecified atom stereocenters. The summed E-state index contributed by atoms with van der Waals surface area (Å²) in [5.41, 5.74) is 6.78. The van der Waals surface area contributed by atoms with E-state index in [0.717, 1.165) is 6.54 Å². The van der Waals surface area contributed by atoms with E-state index in [1.807, 2.05) is 0 Å². The molecule has 0 aliphatic carbocycles. The van der Waals surface area contributed by atoms with Crippen LogP contribution in [-0.4, -0.2) is 36.5 Å². The average Bonchev–Trinajstić information content (AvgIpc) is 2.39. The number of anilines is 1. The van der Waals surface area contributed by atoms with E-state index in [-0.39, 0.29) is 11.9 Å². The molecule has 3 heterocycles. The molecule has 19 heavy (non-hydrogen) atoms. The van der Waals surface area contributed by atoms with Gasteiger partial charge in [0.15, 0.2) is 0 Å². The van der Waals surface area contributed by atoms with Crippen LogP contribution in [0.25, 0.3) is 0 Å². The van der Waals surface area contributed by atoms with Gasteiger partial charge in [-0.15, -0.1) is 0 Å². The molecule has 3 saturated heterocycles. The van der Waals surface area contributed by atoms with E-state index in [9.17, 15) is 4.79 Å². The van der Waals surface area contributed by atoms with Crippen LogP contribution in [0.1, 0.15) is 23.2 Å². The molecular weight excluding hydrogens is 262 g/mol. The summed E-state index contributed by atoms with van der Waals surface area (Å²) in [5, 5.41) is 3.63. The van der Waals surface area contributed by atoms with Crippen LogP contribution in [0.3, 0.4) is 0 Å². The summed E-state index contributed by atoms with van der Waals surface area (Å²) >= 11 is 5.93. The van der Waals surface area contributed by atoms with Gasteiger partial charge in [-0.2, -0.15) is 0 Å². The standard InChI is InChI=1S/C14H18ClN3O/c15-11-5-10(6-12(16)7-11)14(19)17-13-8-18-3-1-9(13)2-4-18/h5-7,9,13H,1-4,8,16H2,(H,17,19). The van der Waals surface area contributed by atoms with E-state index in [1.54, 1.807) is 18.2 Å². The van der Waals surface area contributed by atoms with Crippen LogP contribution < -0.4 is 11.1 Å². The number of nitrogens with two attached hydrogens (primary N) is 1. The molecule has 3 N–H and O–H groups in total. The lowest BCUT2D eigenvalue weighted by molar-refractivity contribution is 0.0620. The molecule has 1 aromatic rings. The van der Waals surface area contributed by atoms with E-state index in [0.29, 0.717) is 22.2 Å². The monoisotopic (exact) mass is 279 g/mol.